The molecular formula is C8H10S4. The maximum Gasteiger partial charge on any atom is 0.0651 e. The van der Waals surface area contributed by atoms with Gasteiger partial charge in [0, 0.05) is 5.75 Å². The largest absolute Gasteiger partial charge is 0.121 e. The molecule has 0 radical (unpaired) electrons. The maximum atomic E-state index is 3.72. The Morgan fingerprint density at radius 2 is 2.58 bits per heavy atom. The quantitative estimate of drug-likeness (QED) is 0.712. The maximum absolute atomic E-state index is 3.72. The lowest BCUT2D eigenvalue weighted by molar-refractivity contribution is 1.80. The Morgan fingerprint density at radius 1 is 1.75 bits per heavy atom. The van der Waals surface area contributed by atoms with Gasteiger partial charge >= 0.3 is 0 Å². The second kappa shape index (κ2) is 6.13. The Kier molecular flexibility index (Phi) is 5.47. The number of hydrogen-bond donors (Lipinski definition) is 0. The summed E-state index contributed by atoms with van der Waals surface area (Å²) in [4.78, 5) is 0. The van der Waals surface area contributed by atoms with Crippen LogP contribution in [0.5, 0.6) is 0 Å². The third-order valence-corrected chi connectivity index (χ3v) is 5.80. The highest BCUT2D eigenvalue weighted by Gasteiger charge is 2.08. The van der Waals surface area contributed by atoms with Gasteiger partial charge < -0.3 is 0 Å². The van der Waals surface area contributed by atoms with Crippen LogP contribution in [0.2, 0.25) is 0 Å². The zero-order valence-corrected chi connectivity index (χ0v) is 10.0. The predicted molar refractivity (Wildman–Crippen MR) is 67.5 cm³/mol. The van der Waals surface area contributed by atoms with Crippen molar-refractivity contribution in [3.8, 4) is 0 Å². The van der Waals surface area contributed by atoms with Gasteiger partial charge in [-0.05, 0) is 17.1 Å². The molecule has 0 atom stereocenters. The summed E-state index contributed by atoms with van der Waals surface area (Å²) in [5.41, 5.74) is 0. The first-order valence-corrected chi connectivity index (χ1v) is 7.35. The van der Waals surface area contributed by atoms with Crippen molar-refractivity contribution in [1.82, 2.24) is 0 Å². The van der Waals surface area contributed by atoms with E-state index in [1.165, 1.54) is 8.47 Å². The average molecular weight is 234 g/mol. The fraction of sp³-hybridized carbons (Fsp3) is 0.250. The van der Waals surface area contributed by atoms with E-state index in [0.717, 1.165) is 5.75 Å². The van der Waals surface area contributed by atoms with Gasteiger partial charge in [0.1, 0.15) is 0 Å². The summed E-state index contributed by atoms with van der Waals surface area (Å²) in [6.07, 6.45) is 4.30. The van der Waals surface area contributed by atoms with Crippen LogP contribution in [0.25, 0.3) is 0 Å². The van der Waals surface area contributed by atoms with Crippen LogP contribution in [0.1, 0.15) is 0 Å². The van der Waals surface area contributed by atoms with E-state index in [2.05, 4.69) is 24.3 Å². The molecule has 0 N–H and O–H groups in total. The summed E-state index contributed by atoms with van der Waals surface area (Å²) in [7, 11) is 0. The first-order chi connectivity index (χ1) is 5.88. The third-order valence-electron chi connectivity index (χ3n) is 1.12. The Labute approximate surface area is 90.7 Å². The molecule has 0 aromatic rings. The minimum atomic E-state index is 1.10. The Bertz CT molecular complexity index is 217. The SMILES string of the molecule is C=CS/C(SC)=C1/SC=CCS1. The van der Waals surface area contributed by atoms with Crippen molar-refractivity contribution in [2.45, 2.75) is 0 Å². The van der Waals surface area contributed by atoms with Crippen molar-refractivity contribution in [3.05, 3.63) is 31.9 Å². The van der Waals surface area contributed by atoms with E-state index in [0.29, 0.717) is 0 Å². The molecule has 0 fully saturated rings. The zero-order valence-electron chi connectivity index (χ0n) is 6.78. The summed E-state index contributed by atoms with van der Waals surface area (Å²) in [5.74, 6) is 1.10. The fourth-order valence-corrected chi connectivity index (χ4v) is 4.74. The van der Waals surface area contributed by atoms with Crippen LogP contribution in [-0.2, 0) is 0 Å². The van der Waals surface area contributed by atoms with E-state index in [1.807, 2.05) is 28.9 Å². The molecule has 0 unspecified atom stereocenters. The topological polar surface area (TPSA) is 0 Å². The summed E-state index contributed by atoms with van der Waals surface area (Å²) in [6.45, 7) is 3.72. The lowest BCUT2D eigenvalue weighted by atomic mass is 10.8. The van der Waals surface area contributed by atoms with Crippen molar-refractivity contribution in [2.24, 2.45) is 0 Å². The number of hydrogen-bond acceptors (Lipinski definition) is 4. The van der Waals surface area contributed by atoms with Crippen LogP contribution in [-0.4, -0.2) is 12.0 Å². The Morgan fingerprint density at radius 3 is 3.08 bits per heavy atom. The van der Waals surface area contributed by atoms with E-state index in [-0.39, 0.29) is 0 Å². The van der Waals surface area contributed by atoms with E-state index in [9.17, 15) is 0 Å². The van der Waals surface area contributed by atoms with Gasteiger partial charge in [0.25, 0.3) is 0 Å². The first-order valence-electron chi connectivity index (χ1n) is 3.38. The van der Waals surface area contributed by atoms with Crippen LogP contribution in [0.15, 0.2) is 31.9 Å². The molecule has 1 rings (SSSR count). The zero-order chi connectivity index (χ0) is 8.81. The van der Waals surface area contributed by atoms with Gasteiger partial charge in [-0.25, -0.2) is 0 Å². The van der Waals surface area contributed by atoms with Gasteiger partial charge in [-0.1, -0.05) is 36.2 Å². The molecule has 4 heteroatoms. The smallest absolute Gasteiger partial charge is 0.0651 e. The van der Waals surface area contributed by atoms with Crippen molar-refractivity contribution >= 4 is 47.0 Å². The molecule has 1 aliphatic rings. The van der Waals surface area contributed by atoms with E-state index in [4.69, 9.17) is 0 Å². The normalized spacial score (nSPS) is 20.8. The van der Waals surface area contributed by atoms with Crippen molar-refractivity contribution in [1.29, 1.82) is 0 Å². The monoisotopic (exact) mass is 234 g/mol. The van der Waals surface area contributed by atoms with Crippen LogP contribution in [0, 0.1) is 0 Å². The highest BCUT2D eigenvalue weighted by Crippen LogP contribution is 2.43. The highest BCUT2D eigenvalue weighted by molar-refractivity contribution is 8.29. The standard InChI is InChI=1S/C8H10S4/c1-3-10-7(9-2)8-11-5-4-6-12-8/h3-5H,1,6H2,2H3/b8-7-. The second-order valence-electron chi connectivity index (χ2n) is 1.86. The van der Waals surface area contributed by atoms with Crippen LogP contribution in [0.4, 0.5) is 0 Å². The van der Waals surface area contributed by atoms with Crippen LogP contribution >= 0.6 is 47.0 Å². The molecule has 0 spiro atoms. The van der Waals surface area contributed by atoms with E-state index < -0.39 is 0 Å². The molecule has 0 nitrogen and oxygen atoms in total. The molecular weight excluding hydrogens is 224 g/mol. The lowest BCUT2D eigenvalue weighted by Crippen LogP contribution is -1.81. The lowest BCUT2D eigenvalue weighted by Gasteiger charge is -2.10. The number of thioether (sulfide) groups is 4. The average Bonchev–Trinajstić information content (AvgIpc) is 2.15. The molecule has 0 bridgehead atoms. The minimum Gasteiger partial charge on any atom is -0.121 e. The summed E-state index contributed by atoms with van der Waals surface area (Å²) in [6, 6.07) is 0. The summed E-state index contributed by atoms with van der Waals surface area (Å²) < 4.78 is 2.78. The van der Waals surface area contributed by atoms with Crippen molar-refractivity contribution in [3.63, 3.8) is 0 Å². The second-order valence-corrected chi connectivity index (χ2v) is 6.12. The fourth-order valence-electron chi connectivity index (χ4n) is 0.669. The van der Waals surface area contributed by atoms with Gasteiger partial charge in [0.2, 0.25) is 0 Å². The molecule has 0 aromatic carbocycles. The number of rotatable bonds is 3. The molecule has 0 saturated heterocycles. The molecule has 0 saturated carbocycles. The molecule has 66 valence electrons. The highest BCUT2D eigenvalue weighted by atomic mass is 32.2. The molecule has 12 heavy (non-hydrogen) atoms. The van der Waals surface area contributed by atoms with E-state index in [1.54, 1.807) is 23.5 Å². The van der Waals surface area contributed by atoms with Crippen LogP contribution < -0.4 is 0 Å². The van der Waals surface area contributed by atoms with Gasteiger partial charge in [-0.2, -0.15) is 0 Å². The van der Waals surface area contributed by atoms with Gasteiger partial charge in [0.05, 0.1) is 8.47 Å². The summed E-state index contributed by atoms with van der Waals surface area (Å²) >= 11 is 7.22. The minimum absolute atomic E-state index is 1.10. The Hall–Kier alpha value is 0.620. The summed E-state index contributed by atoms with van der Waals surface area (Å²) in [5, 5.41) is 4.05. The first kappa shape index (κ1) is 10.7. The van der Waals surface area contributed by atoms with E-state index >= 15 is 0 Å². The molecule has 0 aromatic heterocycles. The van der Waals surface area contributed by atoms with Crippen LogP contribution in [0.3, 0.4) is 0 Å². The molecule has 1 aliphatic heterocycles. The predicted octanol–water partition coefficient (Wildman–Crippen LogP) is 4.35. The molecule has 1 heterocycles. The Balaban J connectivity index is 2.69. The van der Waals surface area contributed by atoms with Gasteiger partial charge in [-0.15, -0.1) is 23.5 Å². The van der Waals surface area contributed by atoms with Gasteiger partial charge in [-0.3, -0.25) is 0 Å². The van der Waals surface area contributed by atoms with Crippen molar-refractivity contribution < 1.29 is 0 Å². The van der Waals surface area contributed by atoms with Crippen molar-refractivity contribution in [2.75, 3.05) is 12.0 Å². The third kappa shape index (κ3) is 3.17. The molecule has 0 aliphatic carbocycles. The molecule has 0 amide bonds. The van der Waals surface area contributed by atoms with Gasteiger partial charge in [0.15, 0.2) is 0 Å².